The normalized spacial score (nSPS) is 37.2. The van der Waals surface area contributed by atoms with Crippen molar-refractivity contribution in [1.29, 1.82) is 5.26 Å². The maximum atomic E-state index is 10.6. The molecule has 2 rings (SSSR count). The molecule has 3 nitrogen and oxygen atoms in total. The Balaban J connectivity index is 2.05. The van der Waals surface area contributed by atoms with Crippen molar-refractivity contribution in [2.45, 2.75) is 63.6 Å². The van der Waals surface area contributed by atoms with E-state index in [1.54, 1.807) is 0 Å². The van der Waals surface area contributed by atoms with Gasteiger partial charge in [-0.3, -0.25) is 4.90 Å². The first-order valence-corrected chi connectivity index (χ1v) is 6.48. The summed E-state index contributed by atoms with van der Waals surface area (Å²) in [5.74, 6) is -0.191. The molecule has 0 amide bonds. The lowest BCUT2D eigenvalue weighted by Gasteiger charge is -2.28. The minimum Gasteiger partial charge on any atom is -0.387 e. The number of nitrogens with zero attached hydrogens (tertiary/aromatic N) is 2. The molecule has 1 saturated heterocycles. The van der Waals surface area contributed by atoms with E-state index in [9.17, 15) is 10.4 Å². The molecule has 0 aromatic rings. The van der Waals surface area contributed by atoms with E-state index in [0.717, 1.165) is 19.3 Å². The monoisotopic (exact) mass is 222 g/mol. The van der Waals surface area contributed by atoms with E-state index in [1.807, 2.05) is 0 Å². The lowest BCUT2D eigenvalue weighted by molar-refractivity contribution is 0.00780. The Morgan fingerprint density at radius 2 is 2.25 bits per heavy atom. The van der Waals surface area contributed by atoms with Crippen LogP contribution in [0.25, 0.3) is 0 Å². The summed E-state index contributed by atoms with van der Waals surface area (Å²) >= 11 is 0. The van der Waals surface area contributed by atoms with Crippen LogP contribution in [0.3, 0.4) is 0 Å². The topological polar surface area (TPSA) is 47.3 Å². The molecule has 1 saturated carbocycles. The Kier molecular flexibility index (Phi) is 3.23. The summed E-state index contributed by atoms with van der Waals surface area (Å²) < 4.78 is 0. The van der Waals surface area contributed by atoms with Crippen molar-refractivity contribution in [1.82, 2.24) is 4.90 Å². The first-order chi connectivity index (χ1) is 7.60. The molecule has 0 radical (unpaired) electrons. The minimum atomic E-state index is -0.757. The van der Waals surface area contributed by atoms with Gasteiger partial charge in [-0.25, -0.2) is 0 Å². The van der Waals surface area contributed by atoms with Crippen LogP contribution in [0, 0.1) is 17.2 Å². The Labute approximate surface area is 98.1 Å². The third kappa shape index (κ3) is 2.09. The van der Waals surface area contributed by atoms with Crippen LogP contribution in [0.15, 0.2) is 0 Å². The second-order valence-corrected chi connectivity index (χ2v) is 5.53. The summed E-state index contributed by atoms with van der Waals surface area (Å²) in [6.07, 6.45) is 5.09. The molecule has 2 aliphatic rings. The van der Waals surface area contributed by atoms with Gasteiger partial charge in [0.15, 0.2) is 0 Å². The van der Waals surface area contributed by atoms with Crippen LogP contribution in [-0.4, -0.2) is 34.2 Å². The number of β-amino-alcohol motifs (C(OH)–C–C–N with tert-alkyl or cyclic N) is 1. The van der Waals surface area contributed by atoms with Crippen LogP contribution >= 0.6 is 0 Å². The van der Waals surface area contributed by atoms with Gasteiger partial charge in [-0.2, -0.15) is 5.26 Å². The SMILES string of the molecule is CCCC(C#N)C1(O)CC(C)N(C2CC2)C1. The number of nitriles is 1. The van der Waals surface area contributed by atoms with Crippen LogP contribution in [0.2, 0.25) is 0 Å². The molecular weight excluding hydrogens is 200 g/mol. The van der Waals surface area contributed by atoms with Crippen molar-refractivity contribution in [3.63, 3.8) is 0 Å². The summed E-state index contributed by atoms with van der Waals surface area (Å²) in [6.45, 7) is 4.96. The summed E-state index contributed by atoms with van der Waals surface area (Å²) in [5, 5.41) is 19.8. The average Bonchev–Trinajstić information content (AvgIpc) is 3.02. The Morgan fingerprint density at radius 1 is 1.56 bits per heavy atom. The molecule has 0 bridgehead atoms. The summed E-state index contributed by atoms with van der Waals surface area (Å²) in [5.41, 5.74) is -0.757. The zero-order chi connectivity index (χ0) is 11.8. The van der Waals surface area contributed by atoms with Gasteiger partial charge in [0.05, 0.1) is 17.6 Å². The highest BCUT2D eigenvalue weighted by Crippen LogP contribution is 2.41. The highest BCUT2D eigenvalue weighted by Gasteiger charge is 2.49. The lowest BCUT2D eigenvalue weighted by atomic mass is 9.83. The van der Waals surface area contributed by atoms with Crippen LogP contribution in [0.5, 0.6) is 0 Å². The average molecular weight is 222 g/mol. The molecule has 3 atom stereocenters. The fourth-order valence-electron chi connectivity index (χ4n) is 3.06. The van der Waals surface area contributed by atoms with Crippen LogP contribution in [-0.2, 0) is 0 Å². The molecule has 3 unspecified atom stereocenters. The van der Waals surface area contributed by atoms with Gasteiger partial charge in [-0.15, -0.1) is 0 Å². The van der Waals surface area contributed by atoms with Crippen molar-refractivity contribution < 1.29 is 5.11 Å². The quantitative estimate of drug-likeness (QED) is 0.790. The minimum absolute atomic E-state index is 0.191. The molecule has 90 valence electrons. The van der Waals surface area contributed by atoms with Gasteiger partial charge in [0.1, 0.15) is 0 Å². The van der Waals surface area contributed by atoms with Crippen molar-refractivity contribution >= 4 is 0 Å². The first-order valence-electron chi connectivity index (χ1n) is 6.48. The predicted molar refractivity (Wildman–Crippen MR) is 62.8 cm³/mol. The van der Waals surface area contributed by atoms with E-state index in [0.29, 0.717) is 18.6 Å². The zero-order valence-corrected chi connectivity index (χ0v) is 10.3. The Morgan fingerprint density at radius 3 is 2.75 bits per heavy atom. The molecule has 0 spiro atoms. The second kappa shape index (κ2) is 4.35. The maximum Gasteiger partial charge on any atom is 0.0946 e. The molecule has 1 N–H and O–H groups in total. The van der Waals surface area contributed by atoms with Crippen molar-refractivity contribution in [2.24, 2.45) is 5.92 Å². The van der Waals surface area contributed by atoms with Gasteiger partial charge >= 0.3 is 0 Å². The van der Waals surface area contributed by atoms with Crippen molar-refractivity contribution in [3.05, 3.63) is 0 Å². The summed E-state index contributed by atoms with van der Waals surface area (Å²) in [4.78, 5) is 2.40. The van der Waals surface area contributed by atoms with Gasteiger partial charge in [0.2, 0.25) is 0 Å². The van der Waals surface area contributed by atoms with E-state index < -0.39 is 5.60 Å². The number of likely N-dealkylation sites (tertiary alicyclic amines) is 1. The maximum absolute atomic E-state index is 10.6. The molecule has 1 aliphatic carbocycles. The van der Waals surface area contributed by atoms with E-state index in [4.69, 9.17) is 0 Å². The largest absolute Gasteiger partial charge is 0.387 e. The summed E-state index contributed by atoms with van der Waals surface area (Å²) in [6, 6.07) is 3.43. The van der Waals surface area contributed by atoms with Crippen LogP contribution in [0.4, 0.5) is 0 Å². The summed E-state index contributed by atoms with van der Waals surface area (Å²) in [7, 11) is 0. The Bertz CT molecular complexity index is 295. The molecule has 2 fully saturated rings. The predicted octanol–water partition coefficient (Wildman–Crippen LogP) is 1.91. The van der Waals surface area contributed by atoms with E-state index in [-0.39, 0.29) is 5.92 Å². The number of hydrogen-bond acceptors (Lipinski definition) is 3. The number of rotatable bonds is 4. The molecule has 3 heteroatoms. The van der Waals surface area contributed by atoms with Gasteiger partial charge in [-0.05, 0) is 32.6 Å². The lowest BCUT2D eigenvalue weighted by Crippen LogP contribution is -2.40. The highest BCUT2D eigenvalue weighted by atomic mass is 16.3. The molecule has 1 heterocycles. The van der Waals surface area contributed by atoms with Gasteiger partial charge in [0.25, 0.3) is 0 Å². The standard InChI is InChI=1S/C13H22N2O/c1-3-4-11(8-14)13(16)7-10(2)15(9-13)12-5-6-12/h10-12,16H,3-7,9H2,1-2H3. The van der Waals surface area contributed by atoms with Gasteiger partial charge in [-0.1, -0.05) is 13.3 Å². The molecular formula is C13H22N2O. The number of aliphatic hydroxyl groups is 1. The van der Waals surface area contributed by atoms with Crippen LogP contribution < -0.4 is 0 Å². The Hall–Kier alpha value is -0.590. The van der Waals surface area contributed by atoms with Crippen LogP contribution in [0.1, 0.15) is 46.0 Å². The molecule has 16 heavy (non-hydrogen) atoms. The van der Waals surface area contributed by atoms with Crippen molar-refractivity contribution in [3.8, 4) is 6.07 Å². The smallest absolute Gasteiger partial charge is 0.0946 e. The zero-order valence-electron chi connectivity index (χ0n) is 10.3. The second-order valence-electron chi connectivity index (χ2n) is 5.53. The first kappa shape index (κ1) is 11.9. The third-order valence-electron chi connectivity index (χ3n) is 4.07. The number of hydrogen-bond donors (Lipinski definition) is 1. The molecule has 1 aliphatic heterocycles. The molecule has 0 aromatic carbocycles. The molecule has 0 aromatic heterocycles. The van der Waals surface area contributed by atoms with Gasteiger partial charge < -0.3 is 5.11 Å². The fourth-order valence-corrected chi connectivity index (χ4v) is 3.06. The third-order valence-corrected chi connectivity index (χ3v) is 4.07. The fraction of sp³-hybridized carbons (Fsp3) is 0.923. The van der Waals surface area contributed by atoms with Gasteiger partial charge in [0, 0.05) is 18.6 Å². The van der Waals surface area contributed by atoms with E-state index in [2.05, 4.69) is 24.8 Å². The highest BCUT2D eigenvalue weighted by molar-refractivity contribution is 5.08. The van der Waals surface area contributed by atoms with E-state index >= 15 is 0 Å². The van der Waals surface area contributed by atoms with E-state index in [1.165, 1.54) is 12.8 Å². The van der Waals surface area contributed by atoms with Crippen molar-refractivity contribution in [2.75, 3.05) is 6.54 Å².